The first-order valence-corrected chi connectivity index (χ1v) is 8.58. The Morgan fingerprint density at radius 2 is 1.64 bits per heavy atom. The van der Waals surface area contributed by atoms with Crippen LogP contribution in [0, 0.1) is 0 Å². The molecule has 0 aliphatic carbocycles. The average Bonchev–Trinajstić information content (AvgIpc) is 2.74. The van der Waals surface area contributed by atoms with Crippen molar-refractivity contribution in [3.63, 3.8) is 0 Å². The summed E-state index contributed by atoms with van der Waals surface area (Å²) in [5.74, 6) is 2.06. The molecule has 0 radical (unpaired) electrons. The maximum Gasteiger partial charge on any atom is 0.275 e. The molecule has 28 heavy (non-hydrogen) atoms. The number of nitrogens with one attached hydrogen (secondary N) is 1. The van der Waals surface area contributed by atoms with Crippen LogP contribution in [0.5, 0.6) is 23.0 Å². The molecule has 142 valence electrons. The Hall–Kier alpha value is -3.80. The van der Waals surface area contributed by atoms with Gasteiger partial charge in [-0.25, -0.2) is 5.43 Å². The summed E-state index contributed by atoms with van der Waals surface area (Å²) < 4.78 is 16.2. The van der Waals surface area contributed by atoms with E-state index in [-0.39, 0.29) is 5.91 Å². The van der Waals surface area contributed by atoms with Crippen molar-refractivity contribution in [3.8, 4) is 23.0 Å². The zero-order valence-corrected chi connectivity index (χ0v) is 15.6. The van der Waals surface area contributed by atoms with Gasteiger partial charge in [-0.15, -0.1) is 0 Å². The third-order valence-corrected chi connectivity index (χ3v) is 3.87. The minimum Gasteiger partial charge on any atom is -0.497 e. The van der Waals surface area contributed by atoms with E-state index in [2.05, 4.69) is 10.5 Å². The molecule has 1 amide bonds. The molecule has 6 nitrogen and oxygen atoms in total. The highest BCUT2D eigenvalue weighted by Gasteiger charge is 2.12. The lowest BCUT2D eigenvalue weighted by Crippen LogP contribution is -2.18. The van der Waals surface area contributed by atoms with Gasteiger partial charge in [-0.1, -0.05) is 30.3 Å². The fourth-order valence-corrected chi connectivity index (χ4v) is 2.49. The predicted molar refractivity (Wildman–Crippen MR) is 108 cm³/mol. The van der Waals surface area contributed by atoms with Gasteiger partial charge in [-0.3, -0.25) is 4.79 Å². The smallest absolute Gasteiger partial charge is 0.275 e. The topological polar surface area (TPSA) is 69.2 Å². The van der Waals surface area contributed by atoms with Crippen LogP contribution in [0.2, 0.25) is 0 Å². The number of ether oxygens (including phenoxy) is 3. The van der Waals surface area contributed by atoms with Gasteiger partial charge in [0.15, 0.2) is 0 Å². The summed E-state index contributed by atoms with van der Waals surface area (Å²) in [7, 11) is 3.04. The highest BCUT2D eigenvalue weighted by atomic mass is 16.5. The van der Waals surface area contributed by atoms with Crippen LogP contribution >= 0.6 is 0 Å². The van der Waals surface area contributed by atoms with E-state index in [0.717, 1.165) is 11.3 Å². The number of para-hydroxylation sites is 1. The lowest BCUT2D eigenvalue weighted by atomic mass is 10.2. The van der Waals surface area contributed by atoms with E-state index in [4.69, 9.17) is 14.2 Å². The fraction of sp³-hybridized carbons (Fsp3) is 0.0909. The first-order chi connectivity index (χ1) is 13.7. The Morgan fingerprint density at radius 1 is 0.857 bits per heavy atom. The van der Waals surface area contributed by atoms with E-state index in [0.29, 0.717) is 22.8 Å². The SMILES string of the molecule is COc1ccc(C(=O)NN=Cc2cccc(Oc3ccccc3)c2)c(OC)c1. The highest BCUT2D eigenvalue weighted by Crippen LogP contribution is 2.24. The van der Waals surface area contributed by atoms with Crippen molar-refractivity contribution >= 4 is 12.1 Å². The maximum absolute atomic E-state index is 12.4. The number of hydrogen-bond donors (Lipinski definition) is 1. The zero-order chi connectivity index (χ0) is 19.8. The molecule has 1 N–H and O–H groups in total. The molecule has 3 rings (SSSR count). The lowest BCUT2D eigenvalue weighted by Gasteiger charge is -2.09. The second kappa shape index (κ2) is 9.23. The van der Waals surface area contributed by atoms with Gasteiger partial charge in [0.2, 0.25) is 0 Å². The van der Waals surface area contributed by atoms with Crippen molar-refractivity contribution < 1.29 is 19.0 Å². The van der Waals surface area contributed by atoms with Gasteiger partial charge in [0.25, 0.3) is 5.91 Å². The Morgan fingerprint density at radius 3 is 2.39 bits per heavy atom. The summed E-state index contributed by atoms with van der Waals surface area (Å²) in [6.07, 6.45) is 1.55. The molecule has 3 aromatic rings. The number of amides is 1. The first-order valence-electron chi connectivity index (χ1n) is 8.58. The highest BCUT2D eigenvalue weighted by molar-refractivity contribution is 5.97. The Labute approximate surface area is 163 Å². The molecule has 0 fully saturated rings. The molecule has 0 spiro atoms. The van der Waals surface area contributed by atoms with Gasteiger partial charge in [0.05, 0.1) is 26.0 Å². The minimum absolute atomic E-state index is 0.363. The van der Waals surface area contributed by atoms with Crippen LogP contribution in [0.4, 0.5) is 0 Å². The predicted octanol–water partition coefficient (Wildman–Crippen LogP) is 4.26. The second-order valence-electron chi connectivity index (χ2n) is 5.75. The average molecular weight is 376 g/mol. The molecular formula is C22H20N2O4. The molecule has 0 saturated carbocycles. The van der Waals surface area contributed by atoms with Gasteiger partial charge >= 0.3 is 0 Å². The number of benzene rings is 3. The van der Waals surface area contributed by atoms with E-state index in [1.807, 2.05) is 54.6 Å². The number of carbonyl (C=O) groups is 1. The van der Waals surface area contributed by atoms with Crippen LogP contribution in [0.25, 0.3) is 0 Å². The molecule has 0 aliphatic heterocycles. The van der Waals surface area contributed by atoms with E-state index < -0.39 is 0 Å². The molecule has 6 heteroatoms. The van der Waals surface area contributed by atoms with Crippen molar-refractivity contribution in [2.24, 2.45) is 5.10 Å². The molecule has 0 aromatic heterocycles. The van der Waals surface area contributed by atoms with E-state index in [9.17, 15) is 4.79 Å². The van der Waals surface area contributed by atoms with Gasteiger partial charge < -0.3 is 14.2 Å². The minimum atomic E-state index is -0.382. The van der Waals surface area contributed by atoms with Gasteiger partial charge in [0.1, 0.15) is 23.0 Å². The van der Waals surface area contributed by atoms with E-state index in [1.165, 1.54) is 7.11 Å². The first kappa shape index (κ1) is 19.0. The Kier molecular flexibility index (Phi) is 6.25. The van der Waals surface area contributed by atoms with Crippen molar-refractivity contribution in [2.45, 2.75) is 0 Å². The number of carbonyl (C=O) groups excluding carboxylic acids is 1. The molecule has 0 aliphatic rings. The largest absolute Gasteiger partial charge is 0.497 e. The Balaban J connectivity index is 1.66. The van der Waals surface area contributed by atoms with Crippen LogP contribution < -0.4 is 19.6 Å². The number of nitrogens with zero attached hydrogens (tertiary/aromatic N) is 1. The zero-order valence-electron chi connectivity index (χ0n) is 15.6. The van der Waals surface area contributed by atoms with Crippen LogP contribution in [-0.2, 0) is 0 Å². The molecule has 0 atom stereocenters. The van der Waals surface area contributed by atoms with E-state index in [1.54, 1.807) is 31.5 Å². The van der Waals surface area contributed by atoms with Gasteiger partial charge in [-0.2, -0.15) is 5.10 Å². The number of methoxy groups -OCH3 is 2. The van der Waals surface area contributed by atoms with Crippen molar-refractivity contribution in [1.82, 2.24) is 5.43 Å². The molecular weight excluding hydrogens is 356 g/mol. The third kappa shape index (κ3) is 4.88. The third-order valence-electron chi connectivity index (χ3n) is 3.87. The molecule has 0 saturated heterocycles. The molecule has 0 unspecified atom stereocenters. The Bertz CT molecular complexity index is 971. The monoisotopic (exact) mass is 376 g/mol. The van der Waals surface area contributed by atoms with Crippen molar-refractivity contribution in [1.29, 1.82) is 0 Å². The van der Waals surface area contributed by atoms with Crippen LogP contribution in [0.1, 0.15) is 15.9 Å². The van der Waals surface area contributed by atoms with Crippen LogP contribution in [0.15, 0.2) is 77.9 Å². The summed E-state index contributed by atoms with van der Waals surface area (Å²) in [6.45, 7) is 0. The lowest BCUT2D eigenvalue weighted by molar-refractivity contribution is 0.0952. The maximum atomic E-state index is 12.4. The fourth-order valence-electron chi connectivity index (χ4n) is 2.49. The number of hydrogen-bond acceptors (Lipinski definition) is 5. The normalized spacial score (nSPS) is 10.5. The van der Waals surface area contributed by atoms with Gasteiger partial charge in [0, 0.05) is 6.07 Å². The molecule has 0 bridgehead atoms. The summed E-state index contributed by atoms with van der Waals surface area (Å²) in [5, 5.41) is 4.02. The summed E-state index contributed by atoms with van der Waals surface area (Å²) in [6, 6.07) is 21.8. The van der Waals surface area contributed by atoms with Gasteiger partial charge in [-0.05, 0) is 42.0 Å². The molecule has 0 heterocycles. The van der Waals surface area contributed by atoms with Crippen LogP contribution in [-0.4, -0.2) is 26.3 Å². The summed E-state index contributed by atoms with van der Waals surface area (Å²) in [4.78, 5) is 12.4. The van der Waals surface area contributed by atoms with Crippen LogP contribution in [0.3, 0.4) is 0 Å². The number of hydrazone groups is 1. The standard InChI is InChI=1S/C22H20N2O4/c1-26-18-11-12-20(21(14-18)27-2)22(25)24-23-15-16-7-6-10-19(13-16)28-17-8-4-3-5-9-17/h3-15H,1-2H3,(H,24,25). The second-order valence-corrected chi connectivity index (χ2v) is 5.75. The number of rotatable bonds is 7. The quantitative estimate of drug-likeness (QED) is 0.494. The molecule has 3 aromatic carbocycles. The van der Waals surface area contributed by atoms with Crippen molar-refractivity contribution in [3.05, 3.63) is 83.9 Å². The van der Waals surface area contributed by atoms with E-state index >= 15 is 0 Å². The summed E-state index contributed by atoms with van der Waals surface area (Å²) in [5.41, 5.74) is 3.65. The summed E-state index contributed by atoms with van der Waals surface area (Å²) >= 11 is 0. The van der Waals surface area contributed by atoms with Crippen molar-refractivity contribution in [2.75, 3.05) is 14.2 Å².